The van der Waals surface area contributed by atoms with Crippen LogP contribution in [0.5, 0.6) is 11.6 Å². The van der Waals surface area contributed by atoms with Gasteiger partial charge in [-0.25, -0.2) is 9.37 Å². The van der Waals surface area contributed by atoms with Crippen molar-refractivity contribution in [1.82, 2.24) is 9.97 Å². The van der Waals surface area contributed by atoms with E-state index in [1.54, 1.807) is 12.1 Å². The van der Waals surface area contributed by atoms with E-state index in [1.165, 1.54) is 12.1 Å². The van der Waals surface area contributed by atoms with E-state index < -0.39 is 0 Å². The fourth-order valence-electron chi connectivity index (χ4n) is 1.54. The predicted octanol–water partition coefficient (Wildman–Crippen LogP) is 4.60. The third-order valence-electron chi connectivity index (χ3n) is 2.47. The summed E-state index contributed by atoms with van der Waals surface area (Å²) in [6, 6.07) is 6.01. The Hall–Kier alpha value is -1.49. The Morgan fingerprint density at radius 2 is 1.95 bits per heavy atom. The molecule has 0 aliphatic rings. The van der Waals surface area contributed by atoms with Crippen LogP contribution in [0.1, 0.15) is 31.3 Å². The number of aromatic nitrogens is 2. The highest BCUT2D eigenvalue weighted by atomic mass is 79.9. The maximum Gasteiger partial charge on any atom is 0.222 e. The summed E-state index contributed by atoms with van der Waals surface area (Å²) in [4.78, 5) is 8.69. The highest BCUT2D eigenvalue weighted by Crippen LogP contribution is 2.29. The van der Waals surface area contributed by atoms with E-state index in [0.29, 0.717) is 16.1 Å². The summed E-state index contributed by atoms with van der Waals surface area (Å²) >= 11 is 3.26. The van der Waals surface area contributed by atoms with Gasteiger partial charge in [-0.15, -0.1) is 0 Å². The molecule has 19 heavy (non-hydrogen) atoms. The molecule has 0 radical (unpaired) electrons. The lowest BCUT2D eigenvalue weighted by molar-refractivity contribution is 0.451. The number of hydrogen-bond donors (Lipinski definition) is 0. The zero-order valence-corrected chi connectivity index (χ0v) is 12.5. The molecule has 0 aliphatic heterocycles. The van der Waals surface area contributed by atoms with E-state index in [1.807, 2.05) is 20.8 Å². The number of nitrogens with zero attached hydrogens (tertiary/aromatic N) is 2. The molecule has 2 aromatic rings. The molecule has 2 rings (SSSR count). The molecule has 0 N–H and O–H groups in total. The van der Waals surface area contributed by atoms with Crippen molar-refractivity contribution >= 4 is 15.9 Å². The van der Waals surface area contributed by atoms with Crippen LogP contribution < -0.4 is 4.74 Å². The fourth-order valence-corrected chi connectivity index (χ4v) is 1.97. The van der Waals surface area contributed by atoms with Crippen molar-refractivity contribution in [3.8, 4) is 11.6 Å². The van der Waals surface area contributed by atoms with E-state index in [9.17, 15) is 4.39 Å². The van der Waals surface area contributed by atoms with E-state index >= 15 is 0 Å². The first-order valence-corrected chi connectivity index (χ1v) is 6.73. The van der Waals surface area contributed by atoms with Crippen molar-refractivity contribution < 1.29 is 9.13 Å². The Morgan fingerprint density at radius 1 is 1.21 bits per heavy atom. The molecule has 0 saturated carbocycles. The number of rotatable bonds is 3. The summed E-state index contributed by atoms with van der Waals surface area (Å²) < 4.78 is 19.2. The molecule has 1 heterocycles. The molecule has 1 aromatic heterocycles. The number of benzene rings is 1. The third-order valence-corrected chi connectivity index (χ3v) is 3.09. The second-order valence-corrected chi connectivity index (χ2v) is 5.39. The SMILES string of the molecule is Cc1cc(Oc2ccc(F)cc2Br)nc(C(C)C)n1. The summed E-state index contributed by atoms with van der Waals surface area (Å²) in [5.74, 6) is 1.62. The topological polar surface area (TPSA) is 35.0 Å². The van der Waals surface area contributed by atoms with Crippen LogP contribution in [0.15, 0.2) is 28.7 Å². The van der Waals surface area contributed by atoms with Crippen LogP contribution in [0, 0.1) is 12.7 Å². The molecule has 100 valence electrons. The minimum atomic E-state index is -0.319. The quantitative estimate of drug-likeness (QED) is 0.827. The Balaban J connectivity index is 2.32. The van der Waals surface area contributed by atoms with Gasteiger partial charge in [-0.05, 0) is 41.1 Å². The number of aryl methyl sites for hydroxylation is 1. The van der Waals surface area contributed by atoms with E-state index in [-0.39, 0.29) is 11.7 Å². The number of hydrogen-bond acceptors (Lipinski definition) is 3. The lowest BCUT2D eigenvalue weighted by Crippen LogP contribution is -2.01. The first kappa shape index (κ1) is 13.9. The fraction of sp³-hybridized carbons (Fsp3) is 0.286. The van der Waals surface area contributed by atoms with Crippen LogP contribution in [0.3, 0.4) is 0 Å². The van der Waals surface area contributed by atoms with Crippen LogP contribution in [0.25, 0.3) is 0 Å². The molecule has 0 atom stereocenters. The molecule has 0 amide bonds. The highest BCUT2D eigenvalue weighted by Gasteiger charge is 2.09. The van der Waals surface area contributed by atoms with Crippen LogP contribution in [-0.4, -0.2) is 9.97 Å². The Bertz CT molecular complexity index is 602. The maximum atomic E-state index is 13.0. The van der Waals surface area contributed by atoms with Gasteiger partial charge in [0.15, 0.2) is 0 Å². The van der Waals surface area contributed by atoms with Crippen molar-refractivity contribution in [2.75, 3.05) is 0 Å². The lowest BCUT2D eigenvalue weighted by atomic mass is 10.2. The molecule has 0 bridgehead atoms. The number of halogens is 2. The average Bonchev–Trinajstić information content (AvgIpc) is 2.32. The second-order valence-electron chi connectivity index (χ2n) is 4.54. The molecule has 0 spiro atoms. The highest BCUT2D eigenvalue weighted by molar-refractivity contribution is 9.10. The summed E-state index contributed by atoms with van der Waals surface area (Å²) in [7, 11) is 0. The average molecular weight is 325 g/mol. The molecule has 0 fully saturated rings. The first-order chi connectivity index (χ1) is 8.95. The summed E-state index contributed by atoms with van der Waals surface area (Å²) in [5.41, 5.74) is 0.840. The lowest BCUT2D eigenvalue weighted by Gasteiger charge is -2.10. The van der Waals surface area contributed by atoms with Gasteiger partial charge in [-0.2, -0.15) is 4.98 Å². The van der Waals surface area contributed by atoms with Crippen molar-refractivity contribution in [2.45, 2.75) is 26.7 Å². The molecule has 0 unspecified atom stereocenters. The predicted molar refractivity (Wildman–Crippen MR) is 75.0 cm³/mol. The van der Waals surface area contributed by atoms with Gasteiger partial charge in [0.2, 0.25) is 5.88 Å². The van der Waals surface area contributed by atoms with Crippen LogP contribution >= 0.6 is 15.9 Å². The van der Waals surface area contributed by atoms with Crippen LogP contribution in [0.4, 0.5) is 4.39 Å². The normalized spacial score (nSPS) is 10.8. The smallest absolute Gasteiger partial charge is 0.222 e. The molecule has 0 saturated heterocycles. The van der Waals surface area contributed by atoms with Gasteiger partial charge in [0, 0.05) is 17.7 Å². The molecular weight excluding hydrogens is 311 g/mol. The standard InChI is InChI=1S/C14H14BrFN2O/c1-8(2)14-17-9(3)6-13(18-14)19-12-5-4-10(16)7-11(12)15/h4-8H,1-3H3. The van der Waals surface area contributed by atoms with Gasteiger partial charge in [-0.1, -0.05) is 13.8 Å². The number of ether oxygens (including phenoxy) is 1. The van der Waals surface area contributed by atoms with Crippen LogP contribution in [0.2, 0.25) is 0 Å². The van der Waals surface area contributed by atoms with Crippen molar-refractivity contribution in [3.05, 3.63) is 46.1 Å². The molecule has 3 nitrogen and oxygen atoms in total. The van der Waals surface area contributed by atoms with Crippen LogP contribution in [-0.2, 0) is 0 Å². The second kappa shape index (κ2) is 5.65. The van der Waals surface area contributed by atoms with E-state index in [0.717, 1.165) is 11.5 Å². The minimum absolute atomic E-state index is 0.221. The van der Waals surface area contributed by atoms with E-state index in [4.69, 9.17) is 4.74 Å². The van der Waals surface area contributed by atoms with E-state index in [2.05, 4.69) is 25.9 Å². The monoisotopic (exact) mass is 324 g/mol. The van der Waals surface area contributed by atoms with Gasteiger partial charge >= 0.3 is 0 Å². The van der Waals surface area contributed by atoms with Gasteiger partial charge in [-0.3, -0.25) is 0 Å². The zero-order chi connectivity index (χ0) is 14.0. The molecule has 1 aromatic carbocycles. The summed E-state index contributed by atoms with van der Waals surface area (Å²) in [6.45, 7) is 5.93. The van der Waals surface area contributed by atoms with Gasteiger partial charge in [0.1, 0.15) is 17.4 Å². The van der Waals surface area contributed by atoms with Gasteiger partial charge < -0.3 is 4.74 Å². The summed E-state index contributed by atoms with van der Waals surface area (Å²) in [5, 5.41) is 0. The van der Waals surface area contributed by atoms with Crippen molar-refractivity contribution in [1.29, 1.82) is 0 Å². The summed E-state index contributed by atoms with van der Waals surface area (Å²) in [6.07, 6.45) is 0. The maximum absolute atomic E-state index is 13.0. The van der Waals surface area contributed by atoms with Crippen molar-refractivity contribution in [3.63, 3.8) is 0 Å². The molecular formula is C14H14BrFN2O. The minimum Gasteiger partial charge on any atom is -0.438 e. The Kier molecular flexibility index (Phi) is 4.14. The zero-order valence-electron chi connectivity index (χ0n) is 10.9. The first-order valence-electron chi connectivity index (χ1n) is 5.94. The van der Waals surface area contributed by atoms with Crippen molar-refractivity contribution in [2.24, 2.45) is 0 Å². The van der Waals surface area contributed by atoms with Gasteiger partial charge in [0.25, 0.3) is 0 Å². The third kappa shape index (κ3) is 3.50. The Morgan fingerprint density at radius 3 is 2.58 bits per heavy atom. The molecule has 5 heteroatoms. The van der Waals surface area contributed by atoms with Gasteiger partial charge in [0.05, 0.1) is 4.47 Å². The largest absolute Gasteiger partial charge is 0.438 e. The molecule has 0 aliphatic carbocycles. The Labute approximate surface area is 120 Å².